The van der Waals surface area contributed by atoms with Crippen molar-refractivity contribution >= 4 is 5.97 Å². The topological polar surface area (TPSA) is 40.5 Å². The fourth-order valence-electron chi connectivity index (χ4n) is 2.71. The van der Waals surface area contributed by atoms with Crippen molar-refractivity contribution < 1.29 is 9.90 Å². The molecular weight excluding hydrogens is 190 g/mol. The maximum Gasteiger partial charge on any atom is 0.310 e. The number of aliphatic carboxylic acids is 1. The number of piperidine rings is 1. The van der Waals surface area contributed by atoms with Crippen molar-refractivity contribution in [3.8, 4) is 0 Å². The molecule has 3 nitrogen and oxygen atoms in total. The molecule has 1 heterocycles. The summed E-state index contributed by atoms with van der Waals surface area (Å²) in [6.45, 7) is 4.11. The molecule has 1 saturated heterocycles. The standard InChI is InChI=1S/C12H21NO2/c1-2-10-5-3-4-8-13(10)9-12(6-7-12)11(14)15/h10H,2-9H2,1H3,(H,14,15). The number of carboxylic acids is 1. The van der Waals surface area contributed by atoms with E-state index in [2.05, 4.69) is 11.8 Å². The molecule has 0 aromatic carbocycles. The Morgan fingerprint density at radius 2 is 2.20 bits per heavy atom. The van der Waals surface area contributed by atoms with Crippen LogP contribution in [0.25, 0.3) is 0 Å². The number of hydrogen-bond donors (Lipinski definition) is 1. The Morgan fingerprint density at radius 1 is 1.47 bits per heavy atom. The summed E-state index contributed by atoms with van der Waals surface area (Å²) in [6.07, 6.45) is 6.74. The molecule has 1 aliphatic carbocycles. The van der Waals surface area contributed by atoms with Gasteiger partial charge in [-0.15, -0.1) is 0 Å². The highest BCUT2D eigenvalue weighted by Gasteiger charge is 2.51. The molecule has 1 saturated carbocycles. The van der Waals surface area contributed by atoms with Crippen molar-refractivity contribution in [2.45, 2.75) is 51.5 Å². The van der Waals surface area contributed by atoms with Gasteiger partial charge in [0.15, 0.2) is 0 Å². The minimum absolute atomic E-state index is 0.370. The van der Waals surface area contributed by atoms with Gasteiger partial charge in [0.2, 0.25) is 0 Å². The Kier molecular flexibility index (Phi) is 3.01. The van der Waals surface area contributed by atoms with Gasteiger partial charge in [-0.05, 0) is 38.6 Å². The highest BCUT2D eigenvalue weighted by molar-refractivity contribution is 5.78. The second-order valence-corrected chi connectivity index (χ2v) is 5.11. The van der Waals surface area contributed by atoms with Crippen LogP contribution >= 0.6 is 0 Å². The summed E-state index contributed by atoms with van der Waals surface area (Å²) in [5.41, 5.74) is -0.370. The molecule has 0 aromatic rings. The van der Waals surface area contributed by atoms with Gasteiger partial charge in [-0.3, -0.25) is 9.69 Å². The molecule has 3 heteroatoms. The lowest BCUT2D eigenvalue weighted by molar-refractivity contribution is -0.144. The summed E-state index contributed by atoms with van der Waals surface area (Å²) >= 11 is 0. The van der Waals surface area contributed by atoms with Gasteiger partial charge in [-0.1, -0.05) is 13.3 Å². The Hall–Kier alpha value is -0.570. The molecule has 0 radical (unpaired) electrons. The number of rotatable bonds is 4. The number of carbonyl (C=O) groups is 1. The van der Waals surface area contributed by atoms with Crippen LogP contribution in [0.3, 0.4) is 0 Å². The van der Waals surface area contributed by atoms with Gasteiger partial charge in [0.25, 0.3) is 0 Å². The minimum atomic E-state index is -0.581. The number of hydrogen-bond acceptors (Lipinski definition) is 2. The highest BCUT2D eigenvalue weighted by atomic mass is 16.4. The maximum atomic E-state index is 11.1. The van der Waals surface area contributed by atoms with Gasteiger partial charge in [-0.25, -0.2) is 0 Å². The quantitative estimate of drug-likeness (QED) is 0.774. The van der Waals surface area contributed by atoms with Crippen molar-refractivity contribution in [2.75, 3.05) is 13.1 Å². The molecule has 86 valence electrons. The molecule has 1 atom stereocenters. The Bertz CT molecular complexity index is 248. The van der Waals surface area contributed by atoms with E-state index in [9.17, 15) is 4.79 Å². The van der Waals surface area contributed by atoms with E-state index in [1.165, 1.54) is 19.3 Å². The van der Waals surface area contributed by atoms with E-state index in [1.54, 1.807) is 0 Å². The van der Waals surface area contributed by atoms with Crippen molar-refractivity contribution in [3.05, 3.63) is 0 Å². The van der Waals surface area contributed by atoms with E-state index in [0.717, 1.165) is 32.4 Å². The first-order chi connectivity index (χ1) is 7.18. The fourth-order valence-corrected chi connectivity index (χ4v) is 2.71. The lowest BCUT2D eigenvalue weighted by Gasteiger charge is -2.36. The van der Waals surface area contributed by atoms with Crippen molar-refractivity contribution in [2.24, 2.45) is 5.41 Å². The zero-order valence-electron chi connectivity index (χ0n) is 9.54. The van der Waals surface area contributed by atoms with Crippen LogP contribution in [0.15, 0.2) is 0 Å². The average Bonchev–Trinajstić information content (AvgIpc) is 3.00. The van der Waals surface area contributed by atoms with Gasteiger partial charge < -0.3 is 5.11 Å². The number of likely N-dealkylation sites (tertiary alicyclic amines) is 1. The van der Waals surface area contributed by atoms with Crippen molar-refractivity contribution in [1.29, 1.82) is 0 Å². The summed E-state index contributed by atoms with van der Waals surface area (Å²) < 4.78 is 0. The highest BCUT2D eigenvalue weighted by Crippen LogP contribution is 2.47. The van der Waals surface area contributed by atoms with Gasteiger partial charge in [-0.2, -0.15) is 0 Å². The van der Waals surface area contributed by atoms with Crippen molar-refractivity contribution in [1.82, 2.24) is 4.90 Å². The summed E-state index contributed by atoms with van der Waals surface area (Å²) in [7, 11) is 0. The molecule has 0 amide bonds. The molecule has 15 heavy (non-hydrogen) atoms. The third kappa shape index (κ3) is 2.17. The molecule has 0 aromatic heterocycles. The first kappa shape index (κ1) is 10.9. The summed E-state index contributed by atoms with van der Waals surface area (Å²) in [5.74, 6) is -0.581. The largest absolute Gasteiger partial charge is 0.481 e. The maximum absolute atomic E-state index is 11.1. The Labute approximate surface area is 91.5 Å². The summed E-state index contributed by atoms with van der Waals surface area (Å²) in [4.78, 5) is 13.5. The van der Waals surface area contributed by atoms with E-state index in [4.69, 9.17) is 5.11 Å². The van der Waals surface area contributed by atoms with E-state index in [-0.39, 0.29) is 5.41 Å². The van der Waals surface area contributed by atoms with Gasteiger partial charge in [0.05, 0.1) is 5.41 Å². The Balaban J connectivity index is 1.95. The van der Waals surface area contributed by atoms with Gasteiger partial charge in [0, 0.05) is 12.6 Å². The lowest BCUT2D eigenvalue weighted by Crippen LogP contribution is -2.44. The number of carboxylic acid groups (broad SMARTS) is 1. The van der Waals surface area contributed by atoms with E-state index in [0.29, 0.717) is 6.04 Å². The predicted molar refractivity (Wildman–Crippen MR) is 58.8 cm³/mol. The van der Waals surface area contributed by atoms with Crippen LogP contribution in [0.1, 0.15) is 45.4 Å². The molecule has 1 unspecified atom stereocenters. The molecular formula is C12H21NO2. The second kappa shape index (κ2) is 4.12. The average molecular weight is 211 g/mol. The lowest BCUT2D eigenvalue weighted by atomic mass is 9.97. The molecule has 0 spiro atoms. The normalized spacial score (nSPS) is 30.1. The first-order valence-corrected chi connectivity index (χ1v) is 6.15. The Morgan fingerprint density at radius 3 is 2.73 bits per heavy atom. The van der Waals surface area contributed by atoms with Gasteiger partial charge in [0.1, 0.15) is 0 Å². The number of nitrogens with zero attached hydrogens (tertiary/aromatic N) is 1. The smallest absolute Gasteiger partial charge is 0.310 e. The van der Waals surface area contributed by atoms with Crippen LogP contribution in [-0.2, 0) is 4.79 Å². The fraction of sp³-hybridized carbons (Fsp3) is 0.917. The molecule has 2 fully saturated rings. The third-order valence-electron chi connectivity index (χ3n) is 4.03. The monoisotopic (exact) mass is 211 g/mol. The first-order valence-electron chi connectivity index (χ1n) is 6.15. The van der Waals surface area contributed by atoms with Gasteiger partial charge >= 0.3 is 5.97 Å². The third-order valence-corrected chi connectivity index (χ3v) is 4.03. The van der Waals surface area contributed by atoms with Crippen molar-refractivity contribution in [3.63, 3.8) is 0 Å². The van der Waals surface area contributed by atoms with Crippen LogP contribution in [0.2, 0.25) is 0 Å². The molecule has 2 aliphatic rings. The van der Waals surface area contributed by atoms with Crippen LogP contribution in [0, 0.1) is 5.41 Å². The molecule has 2 rings (SSSR count). The molecule has 0 bridgehead atoms. The van der Waals surface area contributed by atoms with Crippen LogP contribution in [0.4, 0.5) is 0 Å². The summed E-state index contributed by atoms with van der Waals surface area (Å²) in [5, 5.41) is 9.17. The summed E-state index contributed by atoms with van der Waals surface area (Å²) in [6, 6.07) is 0.635. The van der Waals surface area contributed by atoms with E-state index < -0.39 is 5.97 Å². The van der Waals surface area contributed by atoms with E-state index >= 15 is 0 Å². The van der Waals surface area contributed by atoms with Crippen LogP contribution in [0.5, 0.6) is 0 Å². The molecule has 1 N–H and O–H groups in total. The second-order valence-electron chi connectivity index (χ2n) is 5.11. The predicted octanol–water partition coefficient (Wildman–Crippen LogP) is 2.12. The van der Waals surface area contributed by atoms with Crippen LogP contribution < -0.4 is 0 Å². The van der Waals surface area contributed by atoms with E-state index in [1.807, 2.05) is 0 Å². The minimum Gasteiger partial charge on any atom is -0.481 e. The SMILES string of the molecule is CCC1CCCCN1CC1(C(=O)O)CC1. The molecule has 1 aliphatic heterocycles. The zero-order valence-corrected chi connectivity index (χ0v) is 9.54. The zero-order chi connectivity index (χ0) is 10.9. The van der Waals surface area contributed by atoms with Crippen LogP contribution in [-0.4, -0.2) is 35.1 Å².